The zero-order chi connectivity index (χ0) is 41.0. The number of nitrogens with one attached hydrogen (secondary N) is 5. The van der Waals surface area contributed by atoms with E-state index in [0.717, 1.165) is 5.56 Å². The third-order valence-electron chi connectivity index (χ3n) is 8.74. The van der Waals surface area contributed by atoms with Gasteiger partial charge in [-0.3, -0.25) is 24.0 Å². The Kier molecular flexibility index (Phi) is 14.8. The molecule has 2 aliphatic heterocycles. The first-order valence-electron chi connectivity index (χ1n) is 18.9. The van der Waals surface area contributed by atoms with Crippen LogP contribution in [0.2, 0.25) is 0 Å². The Balaban J connectivity index is 1.51. The van der Waals surface area contributed by atoms with Crippen LogP contribution in [0.15, 0.2) is 54.6 Å². The zero-order valence-electron chi connectivity index (χ0n) is 32.9. The highest BCUT2D eigenvalue weighted by Crippen LogP contribution is 2.21. The van der Waals surface area contributed by atoms with Crippen LogP contribution in [0.1, 0.15) is 78.4 Å². The molecule has 2 aromatic carbocycles. The molecule has 56 heavy (non-hydrogen) atoms. The summed E-state index contributed by atoms with van der Waals surface area (Å²) in [5.41, 5.74) is -0.252. The van der Waals surface area contributed by atoms with Gasteiger partial charge in [-0.25, -0.2) is 9.59 Å². The van der Waals surface area contributed by atoms with Crippen molar-refractivity contribution in [1.82, 2.24) is 31.5 Å². The lowest BCUT2D eigenvalue weighted by molar-refractivity contribution is -0.141. The van der Waals surface area contributed by atoms with Crippen LogP contribution in [0, 0.1) is 0 Å². The number of fused-ring (bicyclic) bond motifs is 1. The van der Waals surface area contributed by atoms with Crippen molar-refractivity contribution in [2.24, 2.45) is 0 Å². The largest absolute Gasteiger partial charge is 0.514 e. The van der Waals surface area contributed by atoms with Gasteiger partial charge < -0.3 is 45.7 Å². The minimum atomic E-state index is -1.23. The fourth-order valence-corrected chi connectivity index (χ4v) is 6.22. The predicted molar refractivity (Wildman–Crippen MR) is 204 cm³/mol. The number of hydrogen-bond donors (Lipinski definition) is 5. The van der Waals surface area contributed by atoms with Crippen molar-refractivity contribution in [3.05, 3.63) is 65.7 Å². The molecule has 2 aliphatic rings. The molecule has 2 heterocycles. The number of carbonyl (C=O) groups excluding carboxylic acids is 7. The summed E-state index contributed by atoms with van der Waals surface area (Å²) in [4.78, 5) is 94.3. The van der Waals surface area contributed by atoms with Crippen molar-refractivity contribution in [3.63, 3.8) is 0 Å². The number of amides is 6. The van der Waals surface area contributed by atoms with Gasteiger partial charge in [0.2, 0.25) is 29.5 Å². The van der Waals surface area contributed by atoms with E-state index in [9.17, 15) is 33.6 Å². The fourth-order valence-electron chi connectivity index (χ4n) is 6.22. The van der Waals surface area contributed by atoms with E-state index in [4.69, 9.17) is 14.2 Å². The van der Waals surface area contributed by atoms with Gasteiger partial charge in [-0.15, -0.1) is 0 Å². The Morgan fingerprint density at radius 1 is 0.821 bits per heavy atom. The smallest absolute Gasteiger partial charge is 0.444 e. The second-order valence-corrected chi connectivity index (χ2v) is 15.8. The molecule has 6 amide bonds. The summed E-state index contributed by atoms with van der Waals surface area (Å²) in [6.45, 7) is 10.2. The molecule has 4 atom stereocenters. The molecule has 2 aromatic rings. The van der Waals surface area contributed by atoms with Gasteiger partial charge >= 0.3 is 12.2 Å². The number of benzene rings is 2. The topological polar surface area (TPSA) is 211 Å². The molecule has 0 unspecified atom stereocenters. The minimum Gasteiger partial charge on any atom is -0.444 e. The minimum absolute atomic E-state index is 0.0423. The number of hydrogen-bond acceptors (Lipinski definition) is 10. The molecular weight excluding hydrogens is 724 g/mol. The van der Waals surface area contributed by atoms with Crippen LogP contribution < -0.4 is 31.3 Å². The summed E-state index contributed by atoms with van der Waals surface area (Å²) in [5, 5.41) is 13.5. The maximum atomic E-state index is 13.9. The average Bonchev–Trinajstić information content (AvgIpc) is 3.60. The van der Waals surface area contributed by atoms with Gasteiger partial charge in [0.1, 0.15) is 41.1 Å². The lowest BCUT2D eigenvalue weighted by atomic mass is 10.0. The first-order chi connectivity index (χ1) is 26.4. The maximum Gasteiger partial charge on any atom is 0.514 e. The van der Waals surface area contributed by atoms with E-state index in [2.05, 4.69) is 26.6 Å². The standard InChI is InChI=1S/C40H54N6O10/c1-39(2,3)55-37(52)45-29(22-26-16-18-27(19-17-26)54-38(53)56-40(4,5)6)34(49)44-28-14-10-20-41-35(50)31-15-11-21-46(31)36(51)30(23-25-12-8-7-9-13-25)43-32(47)24-42-33(28)48/h7-9,12-13,16-19,28-31H,10-11,14-15,20-24H2,1-6H3,(H,41,50)(H,42,48)(H,43,47)(H,44,49)(H,45,52)/t28-,29+,30+,31+/m1/s1. The fraction of sp³-hybridized carbons (Fsp3) is 0.525. The molecule has 2 fully saturated rings. The molecule has 304 valence electrons. The Hall–Kier alpha value is -5.67. The van der Waals surface area contributed by atoms with E-state index in [1.54, 1.807) is 53.7 Å². The van der Waals surface area contributed by atoms with E-state index >= 15 is 0 Å². The van der Waals surface area contributed by atoms with Crippen molar-refractivity contribution in [2.75, 3.05) is 19.6 Å². The molecule has 0 saturated carbocycles. The molecule has 0 spiro atoms. The van der Waals surface area contributed by atoms with Crippen LogP contribution >= 0.6 is 0 Å². The van der Waals surface area contributed by atoms with Gasteiger partial charge in [0.15, 0.2) is 0 Å². The van der Waals surface area contributed by atoms with Gasteiger partial charge in [0.25, 0.3) is 0 Å². The second kappa shape index (κ2) is 19.3. The summed E-state index contributed by atoms with van der Waals surface area (Å²) < 4.78 is 15.8. The van der Waals surface area contributed by atoms with E-state index in [1.165, 1.54) is 17.0 Å². The molecular formula is C40H54N6O10. The van der Waals surface area contributed by atoms with Crippen molar-refractivity contribution >= 4 is 41.8 Å². The highest BCUT2D eigenvalue weighted by molar-refractivity contribution is 5.95. The van der Waals surface area contributed by atoms with Crippen LogP contribution in [0.25, 0.3) is 0 Å². The lowest BCUT2D eigenvalue weighted by Gasteiger charge is -2.29. The van der Waals surface area contributed by atoms with Gasteiger partial charge in [0, 0.05) is 25.9 Å². The molecule has 16 nitrogen and oxygen atoms in total. The summed E-state index contributed by atoms with van der Waals surface area (Å²) in [5.74, 6) is -2.56. The van der Waals surface area contributed by atoms with Gasteiger partial charge in [-0.1, -0.05) is 42.5 Å². The Labute approximate surface area is 327 Å². The third-order valence-corrected chi connectivity index (χ3v) is 8.74. The number of alkyl carbamates (subject to hydrolysis) is 1. The van der Waals surface area contributed by atoms with Crippen molar-refractivity contribution in [2.45, 2.75) is 115 Å². The SMILES string of the molecule is CC(C)(C)OC(=O)N[C@@H](Cc1ccc(OC(=O)OC(C)(C)C)cc1)C(=O)N[C@@H]1CCCNC(=O)[C@@H]2CCCN2C(=O)[C@H](Cc2ccccc2)NC(=O)CNC1=O. The molecule has 0 aliphatic carbocycles. The third kappa shape index (κ3) is 13.9. The van der Waals surface area contributed by atoms with Gasteiger partial charge in [-0.2, -0.15) is 0 Å². The Morgan fingerprint density at radius 3 is 2.16 bits per heavy atom. The van der Waals surface area contributed by atoms with Gasteiger partial charge in [-0.05, 0) is 90.5 Å². The van der Waals surface area contributed by atoms with Crippen LogP contribution in [-0.2, 0) is 46.3 Å². The van der Waals surface area contributed by atoms with E-state index in [0.29, 0.717) is 24.9 Å². The van der Waals surface area contributed by atoms with E-state index in [-0.39, 0.29) is 49.8 Å². The number of nitrogens with zero attached hydrogens (tertiary/aromatic N) is 1. The molecule has 0 aromatic heterocycles. The summed E-state index contributed by atoms with van der Waals surface area (Å²) in [6, 6.07) is 11.3. The molecule has 4 rings (SSSR count). The van der Waals surface area contributed by atoms with E-state index in [1.807, 2.05) is 30.3 Å². The molecule has 0 bridgehead atoms. The number of ether oxygens (including phenoxy) is 3. The number of carbonyl (C=O) groups is 7. The Morgan fingerprint density at radius 2 is 1.50 bits per heavy atom. The predicted octanol–water partition coefficient (Wildman–Crippen LogP) is 2.67. The first-order valence-corrected chi connectivity index (χ1v) is 18.9. The highest BCUT2D eigenvalue weighted by atomic mass is 16.7. The van der Waals surface area contributed by atoms with Crippen LogP contribution in [-0.4, -0.2) is 102 Å². The van der Waals surface area contributed by atoms with Crippen LogP contribution in [0.4, 0.5) is 9.59 Å². The molecule has 16 heteroatoms. The maximum absolute atomic E-state index is 13.9. The summed E-state index contributed by atoms with van der Waals surface area (Å²) in [6.07, 6.45) is -0.196. The first kappa shape index (κ1) is 43.1. The van der Waals surface area contributed by atoms with Crippen LogP contribution in [0.5, 0.6) is 5.75 Å². The monoisotopic (exact) mass is 778 g/mol. The molecule has 5 N–H and O–H groups in total. The van der Waals surface area contributed by atoms with Crippen molar-refractivity contribution < 1.29 is 47.8 Å². The van der Waals surface area contributed by atoms with E-state index < -0.39 is 71.9 Å². The number of rotatable bonds is 8. The molecule has 0 radical (unpaired) electrons. The Bertz CT molecular complexity index is 1720. The normalized spacial score (nSPS) is 20.5. The van der Waals surface area contributed by atoms with Gasteiger partial charge in [0.05, 0.1) is 6.54 Å². The summed E-state index contributed by atoms with van der Waals surface area (Å²) >= 11 is 0. The van der Waals surface area contributed by atoms with Crippen LogP contribution in [0.3, 0.4) is 0 Å². The summed E-state index contributed by atoms with van der Waals surface area (Å²) in [7, 11) is 0. The second-order valence-electron chi connectivity index (χ2n) is 15.8. The van der Waals surface area contributed by atoms with Crippen molar-refractivity contribution in [1.29, 1.82) is 0 Å². The lowest BCUT2D eigenvalue weighted by Crippen LogP contribution is -2.56. The highest BCUT2D eigenvalue weighted by Gasteiger charge is 2.38. The average molecular weight is 779 g/mol. The van der Waals surface area contributed by atoms with Crippen molar-refractivity contribution in [3.8, 4) is 5.75 Å². The quantitative estimate of drug-likeness (QED) is 0.195. The zero-order valence-corrected chi connectivity index (χ0v) is 32.9. The molecule has 2 saturated heterocycles.